The quantitative estimate of drug-likeness (QED) is 0.618. The van der Waals surface area contributed by atoms with Gasteiger partial charge in [0.15, 0.2) is 6.61 Å². The Labute approximate surface area is 164 Å². The maximum absolute atomic E-state index is 12.4. The van der Waals surface area contributed by atoms with Crippen LogP contribution in [0.2, 0.25) is 0 Å². The van der Waals surface area contributed by atoms with Crippen molar-refractivity contribution in [3.8, 4) is 0 Å². The Bertz CT molecular complexity index is 771. The lowest BCUT2D eigenvalue weighted by atomic mass is 9.78. The number of benzene rings is 1. The van der Waals surface area contributed by atoms with Crippen molar-refractivity contribution < 1.29 is 23.9 Å². The van der Waals surface area contributed by atoms with E-state index in [0.29, 0.717) is 11.8 Å². The van der Waals surface area contributed by atoms with E-state index >= 15 is 0 Å². The van der Waals surface area contributed by atoms with E-state index in [0.717, 1.165) is 24.2 Å². The molecule has 0 saturated heterocycles. The van der Waals surface area contributed by atoms with Gasteiger partial charge >= 0.3 is 5.97 Å². The van der Waals surface area contributed by atoms with Gasteiger partial charge in [-0.3, -0.25) is 19.3 Å². The van der Waals surface area contributed by atoms with Crippen molar-refractivity contribution in [2.75, 3.05) is 6.61 Å². The number of amides is 3. The Morgan fingerprint density at radius 3 is 2.36 bits per heavy atom. The van der Waals surface area contributed by atoms with Gasteiger partial charge in [0.25, 0.3) is 17.7 Å². The maximum Gasteiger partial charge on any atom is 0.329 e. The first-order valence-corrected chi connectivity index (χ1v) is 9.74. The fourth-order valence-corrected chi connectivity index (χ4v) is 3.96. The zero-order valence-corrected chi connectivity index (χ0v) is 16.4. The van der Waals surface area contributed by atoms with Crippen molar-refractivity contribution in [3.05, 3.63) is 35.4 Å². The molecule has 2 aliphatic rings. The lowest BCUT2D eigenvalue weighted by Gasteiger charge is -2.34. The van der Waals surface area contributed by atoms with Crippen LogP contribution in [-0.4, -0.2) is 47.3 Å². The third-order valence-corrected chi connectivity index (χ3v) is 5.95. The lowest BCUT2D eigenvalue weighted by Crippen LogP contribution is -2.47. The van der Waals surface area contributed by atoms with Gasteiger partial charge in [0, 0.05) is 6.04 Å². The Kier molecular flexibility index (Phi) is 5.82. The summed E-state index contributed by atoms with van der Waals surface area (Å²) in [5.41, 5.74) is 0.538. The number of nitrogens with zero attached hydrogens (tertiary/aromatic N) is 1. The van der Waals surface area contributed by atoms with Crippen LogP contribution in [0.3, 0.4) is 0 Å². The molecule has 1 fully saturated rings. The van der Waals surface area contributed by atoms with Gasteiger partial charge in [0.05, 0.1) is 11.1 Å². The average molecular weight is 386 g/mol. The summed E-state index contributed by atoms with van der Waals surface area (Å²) in [4.78, 5) is 50.3. The number of carbonyl (C=O) groups excluding carboxylic acids is 4. The Balaban J connectivity index is 1.54. The van der Waals surface area contributed by atoms with Crippen LogP contribution < -0.4 is 5.32 Å². The molecule has 7 nitrogen and oxygen atoms in total. The highest BCUT2D eigenvalue weighted by molar-refractivity contribution is 6.22. The molecule has 1 heterocycles. The summed E-state index contributed by atoms with van der Waals surface area (Å²) in [7, 11) is 0. The van der Waals surface area contributed by atoms with Crippen LogP contribution in [0.5, 0.6) is 0 Å². The number of fused-ring (bicyclic) bond motifs is 1. The number of imide groups is 1. The van der Waals surface area contributed by atoms with Crippen molar-refractivity contribution in [2.24, 2.45) is 11.8 Å². The van der Waals surface area contributed by atoms with Crippen LogP contribution in [0.15, 0.2) is 24.3 Å². The predicted molar refractivity (Wildman–Crippen MR) is 101 cm³/mol. The van der Waals surface area contributed by atoms with E-state index in [1.807, 2.05) is 0 Å². The second-order valence-electron chi connectivity index (χ2n) is 7.75. The summed E-state index contributed by atoms with van der Waals surface area (Å²) < 4.78 is 5.08. The summed E-state index contributed by atoms with van der Waals surface area (Å²) in [6.45, 7) is 5.29. The fraction of sp³-hybridized carbons (Fsp3) is 0.524. The summed E-state index contributed by atoms with van der Waals surface area (Å²) in [6.07, 6.45) is 3.13. The average Bonchev–Trinajstić information content (AvgIpc) is 2.94. The smallest absolute Gasteiger partial charge is 0.329 e. The number of hydrogen-bond donors (Lipinski definition) is 1. The van der Waals surface area contributed by atoms with Gasteiger partial charge in [-0.25, -0.2) is 4.79 Å². The molecule has 1 aromatic rings. The van der Waals surface area contributed by atoms with Crippen molar-refractivity contribution in [1.29, 1.82) is 0 Å². The molecular weight excluding hydrogens is 360 g/mol. The molecule has 0 unspecified atom stereocenters. The first kappa shape index (κ1) is 20.0. The van der Waals surface area contributed by atoms with Crippen LogP contribution in [0.1, 0.15) is 60.7 Å². The Morgan fingerprint density at radius 2 is 1.75 bits per heavy atom. The van der Waals surface area contributed by atoms with E-state index in [4.69, 9.17) is 4.74 Å². The first-order valence-electron chi connectivity index (χ1n) is 9.74. The van der Waals surface area contributed by atoms with Gasteiger partial charge in [0.1, 0.15) is 6.04 Å². The molecule has 150 valence electrons. The van der Waals surface area contributed by atoms with Crippen LogP contribution in [-0.2, 0) is 14.3 Å². The minimum absolute atomic E-state index is 0.0728. The Hall–Kier alpha value is -2.70. The van der Waals surface area contributed by atoms with E-state index in [1.165, 1.54) is 6.92 Å². The molecule has 7 heteroatoms. The molecule has 1 N–H and O–H groups in total. The lowest BCUT2D eigenvalue weighted by molar-refractivity contribution is -0.152. The normalized spacial score (nSPS) is 25.2. The molecule has 3 rings (SSSR count). The van der Waals surface area contributed by atoms with Gasteiger partial charge in [-0.1, -0.05) is 38.8 Å². The van der Waals surface area contributed by atoms with E-state index in [9.17, 15) is 19.2 Å². The highest BCUT2D eigenvalue weighted by Gasteiger charge is 2.41. The van der Waals surface area contributed by atoms with Gasteiger partial charge in [-0.15, -0.1) is 0 Å². The first-order chi connectivity index (χ1) is 13.3. The number of hydrogen-bond acceptors (Lipinski definition) is 5. The maximum atomic E-state index is 12.4. The fourth-order valence-electron chi connectivity index (χ4n) is 3.96. The van der Waals surface area contributed by atoms with Crippen LogP contribution in [0, 0.1) is 11.8 Å². The molecular formula is C21H26N2O5. The second kappa shape index (κ2) is 8.12. The molecule has 4 atom stereocenters. The molecule has 1 aliphatic carbocycles. The number of carbonyl (C=O) groups is 4. The highest BCUT2D eigenvalue weighted by atomic mass is 16.5. The molecule has 0 bridgehead atoms. The minimum atomic E-state index is -1.10. The van der Waals surface area contributed by atoms with Crippen molar-refractivity contribution in [1.82, 2.24) is 10.2 Å². The van der Waals surface area contributed by atoms with Gasteiger partial charge < -0.3 is 10.1 Å². The van der Waals surface area contributed by atoms with Crippen molar-refractivity contribution in [2.45, 2.75) is 52.1 Å². The summed E-state index contributed by atoms with van der Waals surface area (Å²) in [6, 6.07) is 5.39. The third kappa shape index (κ3) is 3.79. The van der Waals surface area contributed by atoms with Crippen molar-refractivity contribution in [3.63, 3.8) is 0 Å². The third-order valence-electron chi connectivity index (χ3n) is 5.95. The molecule has 0 aromatic heterocycles. The monoisotopic (exact) mass is 386 g/mol. The SMILES string of the molecule is C[C@H]1[C@H](C)CCC[C@@H]1NC(=O)COC(=O)[C@@H](C)N1C(=O)c2ccccc2C1=O. The molecule has 28 heavy (non-hydrogen) atoms. The standard InChI is InChI=1S/C21H26N2O5/c1-12-7-6-10-17(13(12)2)22-18(24)11-28-21(27)14(3)23-19(25)15-8-4-5-9-16(15)20(23)26/h4-5,8-9,12-14,17H,6-7,10-11H2,1-3H3,(H,22,24)/t12-,13+,14-,17+/m1/s1. The van der Waals surface area contributed by atoms with Gasteiger partial charge in [0.2, 0.25) is 0 Å². The van der Waals surface area contributed by atoms with E-state index in [2.05, 4.69) is 19.2 Å². The largest absolute Gasteiger partial charge is 0.454 e. The summed E-state index contributed by atoms with van der Waals surface area (Å²) in [5, 5.41) is 2.93. The van der Waals surface area contributed by atoms with E-state index in [-0.39, 0.29) is 23.1 Å². The molecule has 0 spiro atoms. The van der Waals surface area contributed by atoms with Crippen LogP contribution in [0.4, 0.5) is 0 Å². The van der Waals surface area contributed by atoms with Gasteiger partial charge in [-0.05, 0) is 37.3 Å². The molecule has 1 saturated carbocycles. The zero-order chi connectivity index (χ0) is 20.4. The zero-order valence-electron chi connectivity index (χ0n) is 16.4. The Morgan fingerprint density at radius 1 is 1.14 bits per heavy atom. The minimum Gasteiger partial charge on any atom is -0.454 e. The topological polar surface area (TPSA) is 92.8 Å². The number of ether oxygens (including phenoxy) is 1. The number of rotatable bonds is 5. The molecule has 0 radical (unpaired) electrons. The van der Waals surface area contributed by atoms with Crippen LogP contribution >= 0.6 is 0 Å². The number of nitrogens with one attached hydrogen (secondary N) is 1. The highest BCUT2D eigenvalue weighted by Crippen LogP contribution is 2.29. The summed E-state index contributed by atoms with van der Waals surface area (Å²) >= 11 is 0. The summed E-state index contributed by atoms with van der Waals surface area (Å²) in [5.74, 6) is -1.30. The molecule has 1 aromatic carbocycles. The van der Waals surface area contributed by atoms with Crippen molar-refractivity contribution >= 4 is 23.7 Å². The van der Waals surface area contributed by atoms with E-state index < -0.39 is 30.4 Å². The predicted octanol–water partition coefficient (Wildman–Crippen LogP) is 2.16. The second-order valence-corrected chi connectivity index (χ2v) is 7.75. The van der Waals surface area contributed by atoms with Gasteiger partial charge in [-0.2, -0.15) is 0 Å². The molecule has 3 amide bonds. The number of esters is 1. The van der Waals surface area contributed by atoms with Crippen LogP contribution in [0.25, 0.3) is 0 Å². The van der Waals surface area contributed by atoms with E-state index in [1.54, 1.807) is 24.3 Å². The molecule has 1 aliphatic heterocycles.